The summed E-state index contributed by atoms with van der Waals surface area (Å²) in [5, 5.41) is 3.52. The van der Waals surface area contributed by atoms with Crippen molar-refractivity contribution in [1.82, 2.24) is 5.32 Å². The lowest BCUT2D eigenvalue weighted by atomic mass is 9.91. The largest absolute Gasteiger partial charge is 0.368 e. The molecule has 2 aliphatic rings. The number of piperidine rings is 1. The van der Waals surface area contributed by atoms with Crippen LogP contribution in [0.25, 0.3) is 0 Å². The van der Waals surface area contributed by atoms with E-state index in [1.807, 2.05) is 0 Å². The van der Waals surface area contributed by atoms with E-state index in [4.69, 9.17) is 0 Å². The first-order chi connectivity index (χ1) is 10.2. The van der Waals surface area contributed by atoms with Crippen molar-refractivity contribution >= 4 is 5.69 Å². The van der Waals surface area contributed by atoms with E-state index in [1.165, 1.54) is 49.9 Å². The molecule has 2 heteroatoms. The van der Waals surface area contributed by atoms with Crippen LogP contribution in [0.1, 0.15) is 51.5 Å². The van der Waals surface area contributed by atoms with Gasteiger partial charge in [0.25, 0.3) is 0 Å². The zero-order valence-electron chi connectivity index (χ0n) is 13.6. The van der Waals surface area contributed by atoms with Crippen LogP contribution in [0, 0.1) is 11.8 Å². The molecule has 2 atom stereocenters. The minimum absolute atomic E-state index is 0.719. The van der Waals surface area contributed by atoms with Gasteiger partial charge in [0.1, 0.15) is 0 Å². The van der Waals surface area contributed by atoms with Crippen LogP contribution in [0.2, 0.25) is 0 Å². The van der Waals surface area contributed by atoms with Gasteiger partial charge in [0.05, 0.1) is 0 Å². The molecule has 116 valence electrons. The summed E-state index contributed by atoms with van der Waals surface area (Å²) in [6.07, 6.45) is 7.13. The number of hydrogen-bond donors (Lipinski definition) is 1. The maximum atomic E-state index is 3.52. The molecular weight excluding hydrogens is 256 g/mol. The van der Waals surface area contributed by atoms with Crippen molar-refractivity contribution in [1.29, 1.82) is 0 Å². The molecule has 3 rings (SSSR count). The van der Waals surface area contributed by atoms with Crippen molar-refractivity contribution in [3.8, 4) is 0 Å². The molecule has 1 aliphatic heterocycles. The second kappa shape index (κ2) is 6.83. The molecular formula is C19H30N2. The van der Waals surface area contributed by atoms with Gasteiger partial charge in [-0.05, 0) is 61.8 Å². The molecule has 1 N–H and O–H groups in total. The second-order valence-corrected chi connectivity index (χ2v) is 7.29. The fraction of sp³-hybridized carbons (Fsp3) is 0.684. The topological polar surface area (TPSA) is 15.3 Å². The molecule has 21 heavy (non-hydrogen) atoms. The van der Waals surface area contributed by atoms with E-state index >= 15 is 0 Å². The number of benzene rings is 1. The summed E-state index contributed by atoms with van der Waals surface area (Å²) in [6.45, 7) is 7.85. The maximum absolute atomic E-state index is 3.52. The van der Waals surface area contributed by atoms with Gasteiger partial charge < -0.3 is 10.2 Å². The van der Waals surface area contributed by atoms with Gasteiger partial charge in [-0.2, -0.15) is 0 Å². The molecule has 1 heterocycles. The predicted octanol–water partition coefficient (Wildman–Crippen LogP) is 4.20. The Balaban J connectivity index is 1.61. The van der Waals surface area contributed by atoms with Crippen LogP contribution >= 0.6 is 0 Å². The number of hydrogen-bond acceptors (Lipinski definition) is 2. The Bertz CT molecular complexity index is 437. The SMILES string of the molecule is CC(C)CNCc1ccc(N2CCCC3CCCC32)cc1. The highest BCUT2D eigenvalue weighted by molar-refractivity contribution is 5.49. The Morgan fingerprint density at radius 2 is 1.86 bits per heavy atom. The number of rotatable bonds is 5. The van der Waals surface area contributed by atoms with Crippen molar-refractivity contribution < 1.29 is 0 Å². The van der Waals surface area contributed by atoms with E-state index in [2.05, 4.69) is 48.3 Å². The summed E-state index contributed by atoms with van der Waals surface area (Å²) < 4.78 is 0. The maximum Gasteiger partial charge on any atom is 0.0369 e. The third-order valence-electron chi connectivity index (χ3n) is 5.14. The van der Waals surface area contributed by atoms with Gasteiger partial charge in [0, 0.05) is 24.8 Å². The highest BCUT2D eigenvalue weighted by Crippen LogP contribution is 2.39. The van der Waals surface area contributed by atoms with E-state index in [0.29, 0.717) is 0 Å². The summed E-state index contributed by atoms with van der Waals surface area (Å²) in [4.78, 5) is 2.69. The fourth-order valence-electron chi connectivity index (χ4n) is 4.08. The standard InChI is InChI=1S/C19H30N2/c1-15(2)13-20-14-16-8-10-18(11-9-16)21-12-4-6-17-5-3-7-19(17)21/h8-11,15,17,19-20H,3-7,12-14H2,1-2H3. The molecule has 2 unspecified atom stereocenters. The molecule has 1 aromatic rings. The third kappa shape index (κ3) is 3.60. The summed E-state index contributed by atoms with van der Waals surface area (Å²) in [5.74, 6) is 1.68. The molecule has 1 saturated carbocycles. The number of fused-ring (bicyclic) bond motifs is 1. The van der Waals surface area contributed by atoms with E-state index < -0.39 is 0 Å². The lowest BCUT2D eigenvalue weighted by molar-refractivity contribution is 0.362. The van der Waals surface area contributed by atoms with Gasteiger partial charge in [-0.25, -0.2) is 0 Å². The molecule has 2 nitrogen and oxygen atoms in total. The van der Waals surface area contributed by atoms with E-state index in [0.717, 1.165) is 31.0 Å². The quantitative estimate of drug-likeness (QED) is 0.872. The first-order valence-corrected chi connectivity index (χ1v) is 8.80. The first-order valence-electron chi connectivity index (χ1n) is 8.80. The summed E-state index contributed by atoms with van der Waals surface area (Å²) >= 11 is 0. The van der Waals surface area contributed by atoms with Gasteiger partial charge in [-0.3, -0.25) is 0 Å². The van der Waals surface area contributed by atoms with Gasteiger partial charge in [0.2, 0.25) is 0 Å². The summed E-state index contributed by atoms with van der Waals surface area (Å²) in [5.41, 5.74) is 2.85. The molecule has 1 aliphatic carbocycles. The van der Waals surface area contributed by atoms with Crippen LogP contribution in [0.3, 0.4) is 0 Å². The zero-order chi connectivity index (χ0) is 14.7. The van der Waals surface area contributed by atoms with E-state index in [9.17, 15) is 0 Å². The van der Waals surface area contributed by atoms with Crippen molar-refractivity contribution in [2.45, 2.75) is 58.5 Å². The number of anilines is 1. The molecule has 0 aromatic heterocycles. The van der Waals surface area contributed by atoms with Gasteiger partial charge in [-0.15, -0.1) is 0 Å². The molecule has 0 spiro atoms. The molecule has 1 saturated heterocycles. The van der Waals surface area contributed by atoms with Crippen LogP contribution in [0.5, 0.6) is 0 Å². The average molecular weight is 286 g/mol. The van der Waals surface area contributed by atoms with Gasteiger partial charge >= 0.3 is 0 Å². The average Bonchev–Trinajstić information content (AvgIpc) is 2.96. The monoisotopic (exact) mass is 286 g/mol. The highest BCUT2D eigenvalue weighted by Gasteiger charge is 2.34. The lowest BCUT2D eigenvalue weighted by Gasteiger charge is -2.39. The predicted molar refractivity (Wildman–Crippen MR) is 90.7 cm³/mol. The Morgan fingerprint density at radius 1 is 1.10 bits per heavy atom. The van der Waals surface area contributed by atoms with Crippen LogP contribution in [-0.2, 0) is 6.54 Å². The van der Waals surface area contributed by atoms with Crippen LogP contribution < -0.4 is 10.2 Å². The Kier molecular flexibility index (Phi) is 4.84. The Morgan fingerprint density at radius 3 is 2.62 bits per heavy atom. The fourth-order valence-corrected chi connectivity index (χ4v) is 4.08. The number of nitrogens with zero attached hydrogens (tertiary/aromatic N) is 1. The third-order valence-corrected chi connectivity index (χ3v) is 5.14. The van der Waals surface area contributed by atoms with E-state index in [1.54, 1.807) is 0 Å². The normalized spacial score (nSPS) is 25.4. The first kappa shape index (κ1) is 14.9. The lowest BCUT2D eigenvalue weighted by Crippen LogP contribution is -2.42. The minimum atomic E-state index is 0.719. The zero-order valence-corrected chi connectivity index (χ0v) is 13.6. The minimum Gasteiger partial charge on any atom is -0.368 e. The van der Waals surface area contributed by atoms with Crippen molar-refractivity contribution in [2.24, 2.45) is 11.8 Å². The molecule has 1 aromatic carbocycles. The summed E-state index contributed by atoms with van der Waals surface area (Å²) in [6, 6.07) is 10.1. The summed E-state index contributed by atoms with van der Waals surface area (Å²) in [7, 11) is 0. The highest BCUT2D eigenvalue weighted by atomic mass is 15.2. The smallest absolute Gasteiger partial charge is 0.0369 e. The molecule has 0 bridgehead atoms. The second-order valence-electron chi connectivity index (χ2n) is 7.29. The Hall–Kier alpha value is -1.02. The van der Waals surface area contributed by atoms with Crippen molar-refractivity contribution in [3.05, 3.63) is 29.8 Å². The van der Waals surface area contributed by atoms with Crippen molar-refractivity contribution in [2.75, 3.05) is 18.0 Å². The van der Waals surface area contributed by atoms with Crippen LogP contribution in [0.15, 0.2) is 24.3 Å². The van der Waals surface area contributed by atoms with Crippen LogP contribution in [0.4, 0.5) is 5.69 Å². The van der Waals surface area contributed by atoms with Gasteiger partial charge in [0.15, 0.2) is 0 Å². The van der Waals surface area contributed by atoms with Crippen molar-refractivity contribution in [3.63, 3.8) is 0 Å². The Labute approximate surface area is 129 Å². The molecule has 0 radical (unpaired) electrons. The van der Waals surface area contributed by atoms with Crippen LogP contribution in [-0.4, -0.2) is 19.1 Å². The molecule has 2 fully saturated rings. The number of nitrogens with one attached hydrogen (secondary N) is 1. The van der Waals surface area contributed by atoms with Gasteiger partial charge in [-0.1, -0.05) is 32.4 Å². The van der Waals surface area contributed by atoms with E-state index in [-0.39, 0.29) is 0 Å². The molecule has 0 amide bonds.